The van der Waals surface area contributed by atoms with Crippen LogP contribution in [0.1, 0.15) is 16.1 Å². The molecule has 1 heterocycles. The van der Waals surface area contributed by atoms with Crippen LogP contribution in [0.3, 0.4) is 0 Å². The lowest BCUT2D eigenvalue weighted by Gasteiger charge is -2.09. The number of nitrogen functional groups attached to an aromatic ring is 1. The van der Waals surface area contributed by atoms with Crippen molar-refractivity contribution in [3.05, 3.63) is 47.7 Å². The Morgan fingerprint density at radius 2 is 1.76 bits per heavy atom. The zero-order chi connectivity index (χ0) is 15.6. The number of anilines is 1. The van der Waals surface area contributed by atoms with Crippen molar-refractivity contribution in [1.82, 2.24) is 4.98 Å². The summed E-state index contributed by atoms with van der Waals surface area (Å²) in [5.41, 5.74) is 5.87. The molecule has 4 nitrogen and oxygen atoms in total. The molecule has 2 rings (SSSR count). The summed E-state index contributed by atoms with van der Waals surface area (Å²) in [5.74, 6) is -0.650. The van der Waals surface area contributed by atoms with Crippen molar-refractivity contribution in [2.45, 2.75) is 6.18 Å². The normalized spacial score (nSPS) is 11.2. The van der Waals surface area contributed by atoms with Crippen molar-refractivity contribution in [3.8, 4) is 11.3 Å². The maximum Gasteiger partial charge on any atom is 0.416 e. The molecule has 0 saturated carbocycles. The predicted octanol–water partition coefficient (Wildman–Crippen LogP) is 3.14. The highest BCUT2D eigenvalue weighted by Gasteiger charge is 2.30. The van der Waals surface area contributed by atoms with Crippen molar-refractivity contribution in [3.63, 3.8) is 0 Å². The third kappa shape index (κ3) is 3.13. The zero-order valence-corrected chi connectivity index (χ0v) is 10.9. The van der Waals surface area contributed by atoms with E-state index in [2.05, 4.69) is 9.72 Å². The monoisotopic (exact) mass is 296 g/mol. The molecule has 2 aromatic rings. The van der Waals surface area contributed by atoms with E-state index in [1.54, 1.807) is 0 Å². The molecule has 0 saturated heterocycles. The molecule has 21 heavy (non-hydrogen) atoms. The highest BCUT2D eigenvalue weighted by molar-refractivity contribution is 5.89. The molecule has 0 amide bonds. The van der Waals surface area contributed by atoms with Crippen LogP contribution in [0.15, 0.2) is 36.4 Å². The van der Waals surface area contributed by atoms with Gasteiger partial charge in [-0.05, 0) is 24.3 Å². The number of nitrogens with zero attached hydrogens (tertiary/aromatic N) is 1. The molecule has 0 radical (unpaired) electrons. The number of benzene rings is 1. The molecule has 0 unspecified atom stereocenters. The lowest BCUT2D eigenvalue weighted by molar-refractivity contribution is -0.137. The Hall–Kier alpha value is -2.57. The van der Waals surface area contributed by atoms with E-state index < -0.39 is 17.7 Å². The molecule has 0 spiro atoms. The third-order valence-corrected chi connectivity index (χ3v) is 2.81. The fourth-order valence-electron chi connectivity index (χ4n) is 1.74. The predicted molar refractivity (Wildman–Crippen MR) is 70.4 cm³/mol. The Balaban J connectivity index is 2.44. The fraction of sp³-hybridized carbons (Fsp3) is 0.143. The number of carbonyl (C=O) groups is 1. The first-order chi connectivity index (χ1) is 9.82. The second-order valence-electron chi connectivity index (χ2n) is 4.20. The van der Waals surface area contributed by atoms with Crippen molar-refractivity contribution in [2.75, 3.05) is 12.8 Å². The van der Waals surface area contributed by atoms with Gasteiger partial charge in [-0.2, -0.15) is 13.2 Å². The molecule has 7 heteroatoms. The van der Waals surface area contributed by atoms with Crippen molar-refractivity contribution >= 4 is 11.7 Å². The molecule has 0 fully saturated rings. The molecule has 0 aliphatic heterocycles. The number of rotatable bonds is 2. The highest BCUT2D eigenvalue weighted by atomic mass is 19.4. The minimum atomic E-state index is -4.41. The van der Waals surface area contributed by atoms with E-state index in [4.69, 9.17) is 5.73 Å². The number of alkyl halides is 3. The largest absolute Gasteiger partial charge is 0.464 e. The van der Waals surface area contributed by atoms with Gasteiger partial charge < -0.3 is 10.5 Å². The number of pyridine rings is 1. The van der Waals surface area contributed by atoms with Gasteiger partial charge in [-0.25, -0.2) is 9.78 Å². The van der Waals surface area contributed by atoms with Crippen molar-refractivity contribution in [1.29, 1.82) is 0 Å². The van der Waals surface area contributed by atoms with Crippen LogP contribution in [-0.4, -0.2) is 18.1 Å². The van der Waals surface area contributed by atoms with Gasteiger partial charge in [-0.1, -0.05) is 12.1 Å². The van der Waals surface area contributed by atoms with E-state index in [9.17, 15) is 18.0 Å². The van der Waals surface area contributed by atoms with Gasteiger partial charge in [0.15, 0.2) is 0 Å². The van der Waals surface area contributed by atoms with Crippen LogP contribution in [0.4, 0.5) is 18.9 Å². The lowest BCUT2D eigenvalue weighted by atomic mass is 10.1. The Labute approximate surface area is 118 Å². The topological polar surface area (TPSA) is 65.2 Å². The van der Waals surface area contributed by atoms with Crippen LogP contribution in [0.25, 0.3) is 11.3 Å². The minimum absolute atomic E-state index is 0.0293. The standard InChI is InChI=1S/C14H11F3N2O2/c1-21-13(20)11-7-6-10(18)12(19-11)8-2-4-9(5-3-8)14(15,16)17/h2-7H,18H2,1H3. The fourth-order valence-corrected chi connectivity index (χ4v) is 1.74. The van der Waals surface area contributed by atoms with Crippen molar-refractivity contribution in [2.24, 2.45) is 0 Å². The van der Waals surface area contributed by atoms with Gasteiger partial charge in [0.2, 0.25) is 0 Å². The van der Waals surface area contributed by atoms with Crippen LogP contribution in [0, 0.1) is 0 Å². The summed E-state index contributed by atoms with van der Waals surface area (Å²) >= 11 is 0. The molecule has 0 atom stereocenters. The number of esters is 1. The van der Waals surface area contributed by atoms with E-state index in [-0.39, 0.29) is 17.1 Å². The summed E-state index contributed by atoms with van der Waals surface area (Å²) in [5, 5.41) is 0. The van der Waals surface area contributed by atoms with E-state index in [0.717, 1.165) is 12.1 Å². The van der Waals surface area contributed by atoms with E-state index >= 15 is 0 Å². The molecule has 2 N–H and O–H groups in total. The first kappa shape index (κ1) is 14.8. The Morgan fingerprint density at radius 1 is 1.14 bits per heavy atom. The molecular formula is C14H11F3N2O2. The summed E-state index contributed by atoms with van der Waals surface area (Å²) in [7, 11) is 1.21. The van der Waals surface area contributed by atoms with Gasteiger partial charge >= 0.3 is 12.1 Å². The minimum Gasteiger partial charge on any atom is -0.464 e. The molecule has 0 aliphatic carbocycles. The molecule has 1 aromatic carbocycles. The van der Waals surface area contributed by atoms with Gasteiger partial charge in [0.1, 0.15) is 5.69 Å². The first-order valence-electron chi connectivity index (χ1n) is 5.85. The number of nitrogens with two attached hydrogens (primary N) is 1. The van der Waals surface area contributed by atoms with E-state index in [1.807, 2.05) is 0 Å². The number of hydrogen-bond donors (Lipinski definition) is 1. The molecular weight excluding hydrogens is 285 g/mol. The van der Waals surface area contributed by atoms with Crippen LogP contribution in [-0.2, 0) is 10.9 Å². The summed E-state index contributed by atoms with van der Waals surface area (Å²) in [6, 6.07) is 7.20. The maximum absolute atomic E-state index is 12.5. The maximum atomic E-state index is 12.5. The van der Waals surface area contributed by atoms with Gasteiger partial charge in [-0.15, -0.1) is 0 Å². The number of methoxy groups -OCH3 is 1. The SMILES string of the molecule is COC(=O)c1ccc(N)c(-c2ccc(C(F)(F)F)cc2)n1. The smallest absolute Gasteiger partial charge is 0.416 e. The van der Waals surface area contributed by atoms with Crippen LogP contribution < -0.4 is 5.73 Å². The second-order valence-corrected chi connectivity index (χ2v) is 4.20. The quantitative estimate of drug-likeness (QED) is 0.865. The molecule has 1 aromatic heterocycles. The van der Waals surface area contributed by atoms with Crippen molar-refractivity contribution < 1.29 is 22.7 Å². The highest BCUT2D eigenvalue weighted by Crippen LogP contribution is 2.31. The van der Waals surface area contributed by atoms with Gasteiger partial charge in [0, 0.05) is 5.56 Å². The zero-order valence-electron chi connectivity index (χ0n) is 10.9. The first-order valence-corrected chi connectivity index (χ1v) is 5.85. The van der Waals surface area contributed by atoms with Crippen LogP contribution in [0.2, 0.25) is 0 Å². The van der Waals surface area contributed by atoms with Crippen LogP contribution >= 0.6 is 0 Å². The molecule has 0 bridgehead atoms. The van der Waals surface area contributed by atoms with Gasteiger partial charge in [0.25, 0.3) is 0 Å². The number of halogens is 3. The Morgan fingerprint density at radius 3 is 2.29 bits per heavy atom. The van der Waals surface area contributed by atoms with Gasteiger partial charge in [0.05, 0.1) is 24.1 Å². The molecule has 0 aliphatic rings. The van der Waals surface area contributed by atoms with E-state index in [0.29, 0.717) is 5.56 Å². The Kier molecular flexibility index (Phi) is 3.84. The summed E-state index contributed by atoms with van der Waals surface area (Å²) in [6.07, 6.45) is -4.41. The second kappa shape index (κ2) is 5.43. The number of ether oxygens (including phenoxy) is 1. The number of aromatic nitrogens is 1. The van der Waals surface area contributed by atoms with E-state index in [1.165, 1.54) is 31.4 Å². The average Bonchev–Trinajstić information content (AvgIpc) is 2.46. The lowest BCUT2D eigenvalue weighted by Crippen LogP contribution is -2.07. The van der Waals surface area contributed by atoms with Gasteiger partial charge in [-0.3, -0.25) is 0 Å². The van der Waals surface area contributed by atoms with Crippen LogP contribution in [0.5, 0.6) is 0 Å². The number of hydrogen-bond acceptors (Lipinski definition) is 4. The Bertz CT molecular complexity index is 667. The average molecular weight is 296 g/mol. The number of carbonyl (C=O) groups excluding carboxylic acids is 1. The summed E-state index contributed by atoms with van der Waals surface area (Å²) in [4.78, 5) is 15.4. The summed E-state index contributed by atoms with van der Waals surface area (Å²) in [6.45, 7) is 0. The molecule has 110 valence electrons. The summed E-state index contributed by atoms with van der Waals surface area (Å²) < 4.78 is 42.1. The third-order valence-electron chi connectivity index (χ3n) is 2.81.